The van der Waals surface area contributed by atoms with Gasteiger partial charge in [-0.2, -0.15) is 5.10 Å². The summed E-state index contributed by atoms with van der Waals surface area (Å²) in [6, 6.07) is 20.0. The number of amides is 1. The van der Waals surface area contributed by atoms with Gasteiger partial charge in [-0.3, -0.25) is 4.79 Å². The molecule has 1 aromatic heterocycles. The Morgan fingerprint density at radius 3 is 2.42 bits per heavy atom. The molecule has 0 aliphatic carbocycles. The number of nitrogens with one attached hydrogen (secondary N) is 1. The molecule has 0 unspecified atom stereocenters. The van der Waals surface area contributed by atoms with Crippen LogP contribution in [0, 0.1) is 0 Å². The minimum absolute atomic E-state index is 0.0791. The number of carbonyl (C=O) groups is 2. The largest absolute Gasteiger partial charge is 0.508 e. The fraction of sp³-hybridized carbons (Fsp3) is 0. The van der Waals surface area contributed by atoms with Gasteiger partial charge in [-0.15, -0.1) is 11.3 Å². The van der Waals surface area contributed by atoms with Crippen LogP contribution in [0.4, 0.5) is 0 Å². The van der Waals surface area contributed by atoms with Crippen LogP contribution in [0.3, 0.4) is 0 Å². The van der Waals surface area contributed by atoms with Crippen LogP contribution in [0.1, 0.15) is 25.6 Å². The Labute approximate surface area is 186 Å². The lowest BCUT2D eigenvalue weighted by atomic mass is 10.2. The van der Waals surface area contributed by atoms with Gasteiger partial charge in [0.1, 0.15) is 16.4 Å². The summed E-state index contributed by atoms with van der Waals surface area (Å²) in [5.41, 5.74) is 3.48. The predicted octanol–water partition coefficient (Wildman–Crippen LogP) is 5.24. The number of carbonyl (C=O) groups excluding carboxylic acids is 2. The van der Waals surface area contributed by atoms with Gasteiger partial charge in [0.25, 0.3) is 5.91 Å². The van der Waals surface area contributed by atoms with E-state index in [1.807, 2.05) is 24.3 Å². The SMILES string of the molecule is O=C(NN=Cc1ccc(OC(=O)c2sc3ccccc3c2Cl)cc1)c1ccc(O)cc1. The van der Waals surface area contributed by atoms with Gasteiger partial charge in [0.05, 0.1) is 11.2 Å². The van der Waals surface area contributed by atoms with Crippen molar-refractivity contribution >= 4 is 51.1 Å². The van der Waals surface area contributed by atoms with Crippen LogP contribution in [0.15, 0.2) is 77.9 Å². The molecular formula is C23H15ClN2O4S. The normalized spacial score (nSPS) is 11.0. The molecule has 0 saturated carbocycles. The van der Waals surface area contributed by atoms with Gasteiger partial charge in [0, 0.05) is 15.6 Å². The van der Waals surface area contributed by atoms with Gasteiger partial charge in [-0.25, -0.2) is 10.2 Å². The Kier molecular flexibility index (Phi) is 5.97. The van der Waals surface area contributed by atoms with Crippen LogP contribution in [0.25, 0.3) is 10.1 Å². The van der Waals surface area contributed by atoms with Crippen molar-refractivity contribution in [2.24, 2.45) is 5.10 Å². The molecule has 0 aliphatic rings. The summed E-state index contributed by atoms with van der Waals surface area (Å²) >= 11 is 7.61. The topological polar surface area (TPSA) is 88.0 Å². The molecule has 4 aromatic rings. The third-order valence-corrected chi connectivity index (χ3v) is 5.98. The molecule has 4 rings (SSSR count). The van der Waals surface area contributed by atoms with E-state index in [1.165, 1.54) is 41.8 Å². The Bertz CT molecular complexity index is 1280. The van der Waals surface area contributed by atoms with Crippen molar-refractivity contribution in [1.29, 1.82) is 0 Å². The molecular weight excluding hydrogens is 436 g/mol. The van der Waals surface area contributed by atoms with E-state index in [2.05, 4.69) is 10.5 Å². The van der Waals surface area contributed by atoms with E-state index in [9.17, 15) is 14.7 Å². The molecule has 0 aliphatic heterocycles. The van der Waals surface area contributed by atoms with Crippen molar-refractivity contribution in [3.8, 4) is 11.5 Å². The number of thiophene rings is 1. The fourth-order valence-electron chi connectivity index (χ4n) is 2.76. The van der Waals surface area contributed by atoms with Crippen molar-refractivity contribution in [1.82, 2.24) is 5.43 Å². The molecule has 1 heterocycles. The van der Waals surface area contributed by atoms with E-state index in [-0.39, 0.29) is 5.75 Å². The first kappa shape index (κ1) is 20.6. The number of aromatic hydroxyl groups is 1. The molecule has 0 spiro atoms. The summed E-state index contributed by atoms with van der Waals surface area (Å²) in [6.07, 6.45) is 1.47. The van der Waals surface area contributed by atoms with E-state index < -0.39 is 11.9 Å². The summed E-state index contributed by atoms with van der Waals surface area (Å²) in [6.45, 7) is 0. The first-order valence-corrected chi connectivity index (χ1v) is 10.3. The Balaban J connectivity index is 1.38. The van der Waals surface area contributed by atoms with Crippen LogP contribution in [0.5, 0.6) is 11.5 Å². The molecule has 0 bridgehead atoms. The number of hydrogen-bond acceptors (Lipinski definition) is 6. The highest BCUT2D eigenvalue weighted by molar-refractivity contribution is 7.21. The van der Waals surface area contributed by atoms with Crippen LogP contribution in [-0.4, -0.2) is 23.2 Å². The minimum Gasteiger partial charge on any atom is -0.508 e. The van der Waals surface area contributed by atoms with Crippen LogP contribution in [0.2, 0.25) is 5.02 Å². The lowest BCUT2D eigenvalue weighted by Crippen LogP contribution is -2.17. The molecule has 6 nitrogen and oxygen atoms in total. The minimum atomic E-state index is -0.520. The average molecular weight is 451 g/mol. The molecule has 0 radical (unpaired) electrons. The van der Waals surface area contributed by atoms with Gasteiger partial charge in [-0.1, -0.05) is 29.8 Å². The Hall–Kier alpha value is -3.68. The van der Waals surface area contributed by atoms with Crippen LogP contribution < -0.4 is 10.2 Å². The maximum absolute atomic E-state index is 12.5. The third-order valence-electron chi connectivity index (χ3n) is 4.32. The Morgan fingerprint density at radius 2 is 1.71 bits per heavy atom. The average Bonchev–Trinajstić information content (AvgIpc) is 3.12. The first-order valence-electron chi connectivity index (χ1n) is 9.13. The van der Waals surface area contributed by atoms with Gasteiger partial charge in [0.15, 0.2) is 0 Å². The Morgan fingerprint density at radius 1 is 1.00 bits per heavy atom. The first-order chi connectivity index (χ1) is 15.0. The van der Waals surface area contributed by atoms with Crippen molar-refractivity contribution in [3.63, 3.8) is 0 Å². The van der Waals surface area contributed by atoms with Crippen LogP contribution in [-0.2, 0) is 0 Å². The number of rotatable bonds is 5. The van der Waals surface area contributed by atoms with Crippen molar-refractivity contribution in [2.45, 2.75) is 0 Å². The number of nitrogens with zero attached hydrogens (tertiary/aromatic N) is 1. The highest BCUT2D eigenvalue weighted by Crippen LogP contribution is 2.35. The lowest BCUT2D eigenvalue weighted by Gasteiger charge is -2.03. The molecule has 1 amide bonds. The zero-order valence-electron chi connectivity index (χ0n) is 15.9. The number of halogens is 1. The second kappa shape index (κ2) is 8.99. The lowest BCUT2D eigenvalue weighted by molar-refractivity contribution is 0.0739. The number of hydrogen-bond donors (Lipinski definition) is 2. The summed E-state index contributed by atoms with van der Waals surface area (Å²) in [5, 5.41) is 14.4. The number of esters is 1. The number of ether oxygens (including phenoxy) is 1. The van der Waals surface area contributed by atoms with Gasteiger partial charge < -0.3 is 9.84 Å². The number of benzene rings is 3. The van der Waals surface area contributed by atoms with Crippen molar-refractivity contribution in [2.75, 3.05) is 0 Å². The maximum Gasteiger partial charge on any atom is 0.355 e. The summed E-state index contributed by atoms with van der Waals surface area (Å²) in [4.78, 5) is 24.8. The maximum atomic E-state index is 12.5. The molecule has 2 N–H and O–H groups in total. The van der Waals surface area contributed by atoms with Gasteiger partial charge in [0.2, 0.25) is 0 Å². The summed E-state index contributed by atoms with van der Waals surface area (Å²) < 4.78 is 6.35. The van der Waals surface area contributed by atoms with Gasteiger partial charge >= 0.3 is 5.97 Å². The summed E-state index contributed by atoms with van der Waals surface area (Å²) in [5.74, 6) is -0.477. The molecule has 8 heteroatoms. The van der Waals surface area contributed by atoms with E-state index in [4.69, 9.17) is 16.3 Å². The van der Waals surface area contributed by atoms with Crippen LogP contribution >= 0.6 is 22.9 Å². The molecule has 0 saturated heterocycles. The predicted molar refractivity (Wildman–Crippen MR) is 121 cm³/mol. The molecule has 0 atom stereocenters. The molecule has 0 fully saturated rings. The molecule has 154 valence electrons. The van der Waals surface area contributed by atoms with Gasteiger partial charge in [-0.05, 0) is 60.2 Å². The van der Waals surface area contributed by atoms with Crippen molar-refractivity contribution < 1.29 is 19.4 Å². The number of hydrazone groups is 1. The quantitative estimate of drug-likeness (QED) is 0.188. The zero-order valence-corrected chi connectivity index (χ0v) is 17.5. The van der Waals surface area contributed by atoms with E-state index in [0.717, 1.165) is 10.1 Å². The second-order valence-electron chi connectivity index (χ2n) is 6.45. The third kappa shape index (κ3) is 4.74. The molecule has 31 heavy (non-hydrogen) atoms. The van der Waals surface area contributed by atoms with E-state index in [0.29, 0.717) is 26.8 Å². The number of fused-ring (bicyclic) bond motifs is 1. The molecule has 3 aromatic carbocycles. The second-order valence-corrected chi connectivity index (χ2v) is 7.88. The highest BCUT2D eigenvalue weighted by atomic mass is 35.5. The van der Waals surface area contributed by atoms with Crippen molar-refractivity contribution in [3.05, 3.63) is 93.8 Å². The smallest absolute Gasteiger partial charge is 0.355 e. The highest BCUT2D eigenvalue weighted by Gasteiger charge is 2.18. The monoisotopic (exact) mass is 450 g/mol. The fourth-order valence-corrected chi connectivity index (χ4v) is 4.15. The summed E-state index contributed by atoms with van der Waals surface area (Å²) in [7, 11) is 0. The zero-order chi connectivity index (χ0) is 21.8. The number of phenolic OH excluding ortho intramolecular Hbond substituents is 1. The van der Waals surface area contributed by atoms with E-state index >= 15 is 0 Å². The standard InChI is InChI=1S/C23H15ClN2O4S/c24-20-18-3-1-2-4-19(18)31-21(20)23(29)30-17-11-5-14(6-12-17)13-25-26-22(28)15-7-9-16(27)10-8-15/h1-13,27H,(H,26,28). The van der Waals surface area contributed by atoms with E-state index in [1.54, 1.807) is 24.3 Å². The number of phenols is 1.